The van der Waals surface area contributed by atoms with E-state index in [2.05, 4.69) is 5.10 Å². The molecule has 0 aliphatic heterocycles. The molecular formula is C19H16Cl2N2O2. The number of aliphatic carboxylic acids is 1. The fourth-order valence-electron chi connectivity index (χ4n) is 2.72. The first-order valence-corrected chi connectivity index (χ1v) is 8.49. The maximum absolute atomic E-state index is 11.7. The predicted molar refractivity (Wildman–Crippen MR) is 98.8 cm³/mol. The van der Waals surface area contributed by atoms with Crippen molar-refractivity contribution in [3.63, 3.8) is 0 Å². The van der Waals surface area contributed by atoms with Crippen LogP contribution < -0.4 is 0 Å². The molecule has 128 valence electrons. The van der Waals surface area contributed by atoms with Crippen LogP contribution in [0.3, 0.4) is 0 Å². The Labute approximate surface area is 155 Å². The molecule has 0 aliphatic rings. The maximum Gasteiger partial charge on any atom is 0.311 e. The summed E-state index contributed by atoms with van der Waals surface area (Å²) >= 11 is 12.1. The van der Waals surface area contributed by atoms with Gasteiger partial charge >= 0.3 is 5.97 Å². The summed E-state index contributed by atoms with van der Waals surface area (Å²) in [7, 11) is 0. The summed E-state index contributed by atoms with van der Waals surface area (Å²) in [5, 5.41) is 15.1. The van der Waals surface area contributed by atoms with E-state index in [9.17, 15) is 9.90 Å². The minimum atomic E-state index is -0.871. The number of aryl methyl sites for hydroxylation is 1. The Balaban J connectivity index is 1.87. The molecule has 1 atom stereocenters. The van der Waals surface area contributed by atoms with Crippen molar-refractivity contribution in [2.75, 3.05) is 0 Å². The van der Waals surface area contributed by atoms with Crippen LogP contribution in [0.1, 0.15) is 22.7 Å². The van der Waals surface area contributed by atoms with Crippen molar-refractivity contribution < 1.29 is 9.90 Å². The third-order valence-corrected chi connectivity index (χ3v) is 4.49. The quantitative estimate of drug-likeness (QED) is 0.690. The van der Waals surface area contributed by atoms with E-state index in [4.69, 9.17) is 23.2 Å². The molecule has 0 amide bonds. The molecule has 25 heavy (non-hydrogen) atoms. The average molecular weight is 375 g/mol. The van der Waals surface area contributed by atoms with E-state index in [0.29, 0.717) is 27.8 Å². The van der Waals surface area contributed by atoms with Crippen molar-refractivity contribution in [3.8, 4) is 5.69 Å². The molecule has 0 spiro atoms. The highest BCUT2D eigenvalue weighted by molar-refractivity contribution is 6.35. The molecule has 0 aliphatic carbocycles. The van der Waals surface area contributed by atoms with Gasteiger partial charge in [0, 0.05) is 17.6 Å². The Kier molecular flexibility index (Phi) is 5.11. The summed E-state index contributed by atoms with van der Waals surface area (Å²) in [6.45, 7) is 1.94. The number of hydrogen-bond donors (Lipinski definition) is 1. The fourth-order valence-corrected chi connectivity index (χ4v) is 3.21. The van der Waals surface area contributed by atoms with E-state index in [0.717, 1.165) is 11.1 Å². The Morgan fingerprint density at radius 2 is 2.00 bits per heavy atom. The lowest BCUT2D eigenvalue weighted by molar-refractivity contribution is -0.138. The summed E-state index contributed by atoms with van der Waals surface area (Å²) in [6.07, 6.45) is 2.07. The Hall–Kier alpha value is -2.30. The molecule has 1 unspecified atom stereocenters. The zero-order valence-corrected chi connectivity index (χ0v) is 15.0. The van der Waals surface area contributed by atoms with Gasteiger partial charge in [-0.05, 0) is 36.8 Å². The molecule has 1 N–H and O–H groups in total. The summed E-state index contributed by atoms with van der Waals surface area (Å²) in [6, 6.07) is 14.5. The molecule has 0 bridgehead atoms. The minimum Gasteiger partial charge on any atom is -0.481 e. The fraction of sp³-hybridized carbons (Fsp3) is 0.158. The molecule has 6 heteroatoms. The van der Waals surface area contributed by atoms with Crippen LogP contribution >= 0.6 is 23.2 Å². The van der Waals surface area contributed by atoms with Crippen molar-refractivity contribution in [1.29, 1.82) is 0 Å². The van der Waals surface area contributed by atoms with Crippen LogP contribution in [0.25, 0.3) is 5.69 Å². The highest BCUT2D eigenvalue weighted by Crippen LogP contribution is 2.25. The number of carboxylic acids is 1. The van der Waals surface area contributed by atoms with Gasteiger partial charge in [0.1, 0.15) is 0 Å². The van der Waals surface area contributed by atoms with Gasteiger partial charge in [-0.1, -0.05) is 53.0 Å². The average Bonchev–Trinajstić information content (AvgIpc) is 3.00. The standard InChI is InChI=1S/C19H16Cl2N2O2/c1-12-3-2-4-13(9-12)16(19(24)25)11-15-7-8-23(22-15)18-6-5-14(20)10-17(18)21/h2-10,16H,11H2,1H3,(H,24,25). The molecule has 1 heterocycles. The second-order valence-electron chi connectivity index (χ2n) is 5.86. The zero-order chi connectivity index (χ0) is 18.0. The molecule has 0 saturated carbocycles. The van der Waals surface area contributed by atoms with E-state index in [1.54, 1.807) is 35.1 Å². The lowest BCUT2D eigenvalue weighted by Crippen LogP contribution is -2.15. The molecule has 0 radical (unpaired) electrons. The van der Waals surface area contributed by atoms with Gasteiger partial charge in [0.05, 0.1) is 22.3 Å². The van der Waals surface area contributed by atoms with Gasteiger partial charge in [-0.25, -0.2) is 4.68 Å². The van der Waals surface area contributed by atoms with Gasteiger partial charge in [0.15, 0.2) is 0 Å². The minimum absolute atomic E-state index is 0.303. The first kappa shape index (κ1) is 17.5. The maximum atomic E-state index is 11.7. The van der Waals surface area contributed by atoms with Crippen molar-refractivity contribution in [2.24, 2.45) is 0 Å². The lowest BCUT2D eigenvalue weighted by atomic mass is 9.93. The molecular weight excluding hydrogens is 359 g/mol. The van der Waals surface area contributed by atoms with Gasteiger partial charge in [0.25, 0.3) is 0 Å². The monoisotopic (exact) mass is 374 g/mol. The van der Waals surface area contributed by atoms with Crippen molar-refractivity contribution in [2.45, 2.75) is 19.3 Å². The van der Waals surface area contributed by atoms with Crippen molar-refractivity contribution >= 4 is 29.2 Å². The smallest absolute Gasteiger partial charge is 0.311 e. The SMILES string of the molecule is Cc1cccc(C(Cc2ccn(-c3ccc(Cl)cc3Cl)n2)C(=O)O)c1. The molecule has 3 rings (SSSR count). The third kappa shape index (κ3) is 4.03. The van der Waals surface area contributed by atoms with Gasteiger partial charge in [-0.15, -0.1) is 0 Å². The van der Waals surface area contributed by atoms with Crippen LogP contribution in [-0.2, 0) is 11.2 Å². The van der Waals surface area contributed by atoms with Crippen molar-refractivity contribution in [1.82, 2.24) is 9.78 Å². The molecule has 1 aromatic heterocycles. The topological polar surface area (TPSA) is 55.1 Å². The second-order valence-corrected chi connectivity index (χ2v) is 6.70. The lowest BCUT2D eigenvalue weighted by Gasteiger charge is -2.12. The Morgan fingerprint density at radius 3 is 2.68 bits per heavy atom. The van der Waals surface area contributed by atoms with Crippen LogP contribution in [-0.4, -0.2) is 20.9 Å². The molecule has 0 fully saturated rings. The normalized spacial score (nSPS) is 12.1. The Morgan fingerprint density at radius 1 is 1.20 bits per heavy atom. The first-order chi connectivity index (χ1) is 11.9. The molecule has 4 nitrogen and oxygen atoms in total. The van der Waals surface area contributed by atoms with E-state index in [-0.39, 0.29) is 0 Å². The van der Waals surface area contributed by atoms with Crippen LogP contribution in [0.2, 0.25) is 10.0 Å². The molecule has 3 aromatic rings. The van der Waals surface area contributed by atoms with E-state index >= 15 is 0 Å². The van der Waals surface area contributed by atoms with E-state index in [1.807, 2.05) is 31.2 Å². The summed E-state index contributed by atoms with van der Waals surface area (Å²) in [5.41, 5.74) is 3.17. The van der Waals surface area contributed by atoms with Crippen LogP contribution in [0.4, 0.5) is 0 Å². The van der Waals surface area contributed by atoms with E-state index < -0.39 is 11.9 Å². The Bertz CT molecular complexity index is 921. The third-order valence-electron chi connectivity index (χ3n) is 3.96. The number of rotatable bonds is 5. The highest BCUT2D eigenvalue weighted by atomic mass is 35.5. The molecule has 0 saturated heterocycles. The van der Waals surface area contributed by atoms with Gasteiger partial charge in [0.2, 0.25) is 0 Å². The summed E-state index contributed by atoms with van der Waals surface area (Å²) in [4.78, 5) is 11.7. The highest BCUT2D eigenvalue weighted by Gasteiger charge is 2.22. The van der Waals surface area contributed by atoms with Crippen LogP contribution in [0.5, 0.6) is 0 Å². The van der Waals surface area contributed by atoms with Crippen LogP contribution in [0, 0.1) is 6.92 Å². The number of carboxylic acid groups (broad SMARTS) is 1. The number of hydrogen-bond acceptors (Lipinski definition) is 2. The van der Waals surface area contributed by atoms with Gasteiger partial charge in [-0.3, -0.25) is 4.79 Å². The van der Waals surface area contributed by atoms with Crippen molar-refractivity contribution in [3.05, 3.63) is 81.6 Å². The van der Waals surface area contributed by atoms with E-state index in [1.165, 1.54) is 0 Å². The number of carbonyl (C=O) groups is 1. The number of benzene rings is 2. The number of nitrogens with zero attached hydrogens (tertiary/aromatic N) is 2. The predicted octanol–water partition coefficient (Wildman–Crippen LogP) is 4.90. The van der Waals surface area contributed by atoms with Gasteiger partial charge < -0.3 is 5.11 Å². The zero-order valence-electron chi connectivity index (χ0n) is 13.5. The molecule has 2 aromatic carbocycles. The second kappa shape index (κ2) is 7.30. The number of aromatic nitrogens is 2. The summed E-state index contributed by atoms with van der Waals surface area (Å²) in [5.74, 6) is -1.52. The first-order valence-electron chi connectivity index (χ1n) is 7.73. The largest absolute Gasteiger partial charge is 0.481 e. The van der Waals surface area contributed by atoms with Gasteiger partial charge in [-0.2, -0.15) is 5.10 Å². The number of halogens is 2. The summed E-state index contributed by atoms with van der Waals surface area (Å²) < 4.78 is 1.63. The van der Waals surface area contributed by atoms with Crippen LogP contribution in [0.15, 0.2) is 54.7 Å².